The minimum Gasteiger partial charge on any atom is -0.375 e. The van der Waals surface area contributed by atoms with Crippen molar-refractivity contribution in [3.63, 3.8) is 0 Å². The van der Waals surface area contributed by atoms with Crippen LogP contribution in [0.5, 0.6) is 0 Å². The normalized spacial score (nSPS) is 10.1. The van der Waals surface area contributed by atoms with Crippen molar-refractivity contribution in [2.45, 2.75) is 26.9 Å². The summed E-state index contributed by atoms with van der Waals surface area (Å²) in [6.45, 7) is 6.29. The molecule has 1 rings (SSSR count). The maximum absolute atomic E-state index is 5.26. The van der Waals surface area contributed by atoms with Crippen LogP contribution in [0.25, 0.3) is 0 Å². The number of nitrogens with one attached hydrogen (secondary N) is 1. The van der Waals surface area contributed by atoms with Gasteiger partial charge in [0.2, 0.25) is 0 Å². The Balaban J connectivity index is 2.50. The van der Waals surface area contributed by atoms with Crippen LogP contribution in [0.15, 0.2) is 12.4 Å². The first-order valence-electron chi connectivity index (χ1n) is 4.99. The number of rotatable bonds is 6. The molecular formula is C10H17N3O. The van der Waals surface area contributed by atoms with Crippen LogP contribution in [0.2, 0.25) is 0 Å². The van der Waals surface area contributed by atoms with E-state index >= 15 is 0 Å². The molecule has 0 aliphatic rings. The van der Waals surface area contributed by atoms with Gasteiger partial charge in [-0.25, -0.2) is 9.97 Å². The minimum atomic E-state index is 0.555. The van der Waals surface area contributed by atoms with E-state index in [1.54, 1.807) is 6.33 Å². The summed E-state index contributed by atoms with van der Waals surface area (Å²) in [7, 11) is 0. The highest BCUT2D eigenvalue weighted by Crippen LogP contribution is 2.04. The summed E-state index contributed by atoms with van der Waals surface area (Å²) in [6.07, 6.45) is 2.65. The average molecular weight is 195 g/mol. The van der Waals surface area contributed by atoms with Gasteiger partial charge in [0.05, 0.1) is 12.3 Å². The monoisotopic (exact) mass is 195 g/mol. The lowest BCUT2D eigenvalue weighted by molar-refractivity contribution is 0.131. The predicted molar refractivity (Wildman–Crippen MR) is 56.1 cm³/mol. The zero-order valence-corrected chi connectivity index (χ0v) is 8.79. The Morgan fingerprint density at radius 3 is 2.93 bits per heavy atom. The molecule has 0 bridgehead atoms. The SMILES string of the molecule is CCCNc1cc(COCC)ncn1. The molecule has 0 spiro atoms. The Hall–Kier alpha value is -1.16. The second-order valence-electron chi connectivity index (χ2n) is 2.96. The zero-order valence-electron chi connectivity index (χ0n) is 8.79. The first-order valence-corrected chi connectivity index (χ1v) is 4.99. The van der Waals surface area contributed by atoms with E-state index in [9.17, 15) is 0 Å². The van der Waals surface area contributed by atoms with Gasteiger partial charge in [0, 0.05) is 19.2 Å². The van der Waals surface area contributed by atoms with Crippen LogP contribution in [0.4, 0.5) is 5.82 Å². The lowest BCUT2D eigenvalue weighted by Crippen LogP contribution is -2.04. The molecule has 0 unspecified atom stereocenters. The zero-order chi connectivity index (χ0) is 10.2. The molecule has 0 atom stereocenters. The van der Waals surface area contributed by atoms with E-state index in [0.29, 0.717) is 13.2 Å². The molecule has 0 aliphatic carbocycles. The summed E-state index contributed by atoms with van der Waals surface area (Å²) in [5, 5.41) is 3.20. The third kappa shape index (κ3) is 3.70. The fourth-order valence-corrected chi connectivity index (χ4v) is 1.03. The van der Waals surface area contributed by atoms with Crippen molar-refractivity contribution in [2.75, 3.05) is 18.5 Å². The summed E-state index contributed by atoms with van der Waals surface area (Å²) in [5.74, 6) is 0.872. The summed E-state index contributed by atoms with van der Waals surface area (Å²) in [5.41, 5.74) is 0.917. The molecule has 0 amide bonds. The number of ether oxygens (including phenoxy) is 1. The molecule has 1 aromatic heterocycles. The van der Waals surface area contributed by atoms with Crippen molar-refractivity contribution in [1.29, 1.82) is 0 Å². The van der Waals surface area contributed by atoms with Crippen molar-refractivity contribution in [3.05, 3.63) is 18.1 Å². The molecule has 1 N–H and O–H groups in total. The summed E-state index contributed by atoms with van der Waals surface area (Å²) < 4.78 is 5.26. The molecule has 4 heteroatoms. The van der Waals surface area contributed by atoms with Crippen molar-refractivity contribution < 1.29 is 4.74 Å². The smallest absolute Gasteiger partial charge is 0.129 e. The van der Waals surface area contributed by atoms with Crippen molar-refractivity contribution in [3.8, 4) is 0 Å². The van der Waals surface area contributed by atoms with Gasteiger partial charge in [-0.05, 0) is 13.3 Å². The topological polar surface area (TPSA) is 47.0 Å². The molecule has 0 radical (unpaired) electrons. The number of aromatic nitrogens is 2. The van der Waals surface area contributed by atoms with E-state index in [1.807, 2.05) is 13.0 Å². The van der Waals surface area contributed by atoms with Crippen LogP contribution in [0, 0.1) is 0 Å². The summed E-state index contributed by atoms with van der Waals surface area (Å²) in [6, 6.07) is 1.92. The maximum atomic E-state index is 5.26. The van der Waals surface area contributed by atoms with Gasteiger partial charge in [0.25, 0.3) is 0 Å². The lowest BCUT2D eigenvalue weighted by atomic mass is 10.4. The van der Waals surface area contributed by atoms with E-state index in [-0.39, 0.29) is 0 Å². The molecule has 1 heterocycles. The second kappa shape index (κ2) is 6.32. The van der Waals surface area contributed by atoms with Gasteiger partial charge in [-0.1, -0.05) is 6.92 Å². The van der Waals surface area contributed by atoms with Crippen LogP contribution in [-0.2, 0) is 11.3 Å². The number of anilines is 1. The van der Waals surface area contributed by atoms with Crippen molar-refractivity contribution in [1.82, 2.24) is 9.97 Å². The third-order valence-electron chi connectivity index (χ3n) is 1.73. The second-order valence-corrected chi connectivity index (χ2v) is 2.96. The van der Waals surface area contributed by atoms with Gasteiger partial charge in [0.1, 0.15) is 12.1 Å². The number of hydrogen-bond acceptors (Lipinski definition) is 4. The van der Waals surface area contributed by atoms with Gasteiger partial charge in [0.15, 0.2) is 0 Å². The van der Waals surface area contributed by atoms with Crippen LogP contribution in [0.1, 0.15) is 26.0 Å². The van der Waals surface area contributed by atoms with Gasteiger partial charge in [-0.2, -0.15) is 0 Å². The summed E-state index contributed by atoms with van der Waals surface area (Å²) >= 11 is 0. The summed E-state index contributed by atoms with van der Waals surface area (Å²) in [4.78, 5) is 8.22. The third-order valence-corrected chi connectivity index (χ3v) is 1.73. The number of nitrogens with zero attached hydrogens (tertiary/aromatic N) is 2. The van der Waals surface area contributed by atoms with E-state index < -0.39 is 0 Å². The van der Waals surface area contributed by atoms with E-state index in [0.717, 1.165) is 24.5 Å². The van der Waals surface area contributed by atoms with Crippen LogP contribution < -0.4 is 5.32 Å². The quantitative estimate of drug-likeness (QED) is 0.752. The van der Waals surface area contributed by atoms with Crippen LogP contribution >= 0.6 is 0 Å². The molecular weight excluding hydrogens is 178 g/mol. The van der Waals surface area contributed by atoms with E-state index in [1.165, 1.54) is 0 Å². The molecule has 1 aromatic rings. The molecule has 0 aliphatic heterocycles. The van der Waals surface area contributed by atoms with E-state index in [4.69, 9.17) is 4.74 Å². The number of hydrogen-bond donors (Lipinski definition) is 1. The molecule has 14 heavy (non-hydrogen) atoms. The average Bonchev–Trinajstić information content (AvgIpc) is 2.24. The fraction of sp³-hybridized carbons (Fsp3) is 0.600. The van der Waals surface area contributed by atoms with Crippen LogP contribution in [-0.4, -0.2) is 23.1 Å². The van der Waals surface area contributed by atoms with Gasteiger partial charge < -0.3 is 10.1 Å². The Morgan fingerprint density at radius 1 is 1.36 bits per heavy atom. The molecule has 4 nitrogen and oxygen atoms in total. The minimum absolute atomic E-state index is 0.555. The Morgan fingerprint density at radius 2 is 2.21 bits per heavy atom. The Labute approximate surface area is 84.7 Å². The highest BCUT2D eigenvalue weighted by atomic mass is 16.5. The van der Waals surface area contributed by atoms with E-state index in [2.05, 4.69) is 22.2 Å². The highest BCUT2D eigenvalue weighted by Gasteiger charge is 1.97. The Kier molecular flexibility index (Phi) is 4.93. The molecule has 0 fully saturated rings. The van der Waals surface area contributed by atoms with Gasteiger partial charge in [-0.3, -0.25) is 0 Å². The molecule has 0 saturated heterocycles. The fourth-order valence-electron chi connectivity index (χ4n) is 1.03. The lowest BCUT2D eigenvalue weighted by Gasteiger charge is -2.05. The maximum Gasteiger partial charge on any atom is 0.129 e. The molecule has 78 valence electrons. The molecule has 0 saturated carbocycles. The largest absolute Gasteiger partial charge is 0.375 e. The molecule has 0 aromatic carbocycles. The Bertz CT molecular complexity index is 242. The van der Waals surface area contributed by atoms with Gasteiger partial charge in [-0.15, -0.1) is 0 Å². The van der Waals surface area contributed by atoms with Crippen molar-refractivity contribution in [2.24, 2.45) is 0 Å². The predicted octanol–water partition coefficient (Wildman–Crippen LogP) is 1.83. The standard InChI is InChI=1S/C10H17N3O/c1-3-5-11-10-6-9(7-14-4-2)12-8-13-10/h6,8H,3-5,7H2,1-2H3,(H,11,12,13). The van der Waals surface area contributed by atoms with Crippen LogP contribution in [0.3, 0.4) is 0 Å². The van der Waals surface area contributed by atoms with Crippen molar-refractivity contribution >= 4 is 5.82 Å². The van der Waals surface area contributed by atoms with Gasteiger partial charge >= 0.3 is 0 Å². The highest BCUT2D eigenvalue weighted by molar-refractivity contribution is 5.34. The first-order chi connectivity index (χ1) is 6.86. The first kappa shape index (κ1) is 10.9.